The van der Waals surface area contributed by atoms with Crippen molar-refractivity contribution in [3.63, 3.8) is 0 Å². The zero-order valence-electron chi connectivity index (χ0n) is 14.0. The van der Waals surface area contributed by atoms with E-state index in [9.17, 15) is 9.59 Å². The minimum Gasteiger partial charge on any atom is -0.461 e. The van der Waals surface area contributed by atoms with Crippen molar-refractivity contribution in [1.82, 2.24) is 14.7 Å². The van der Waals surface area contributed by atoms with Crippen molar-refractivity contribution in [3.05, 3.63) is 52.8 Å². The molecule has 2 aromatic rings. The Hall–Kier alpha value is -2.63. The highest BCUT2D eigenvalue weighted by Gasteiger charge is 2.29. The van der Waals surface area contributed by atoms with Gasteiger partial charge in [0.2, 0.25) is 5.91 Å². The van der Waals surface area contributed by atoms with E-state index in [4.69, 9.17) is 4.74 Å². The Balaban J connectivity index is 1.78. The molecule has 6 nitrogen and oxygen atoms in total. The maximum atomic E-state index is 12.6. The molecule has 1 aromatic heterocycles. The number of nitrogens with zero attached hydrogens (tertiary/aromatic N) is 3. The fraction of sp³-hybridized carbons (Fsp3) is 0.389. The van der Waals surface area contributed by atoms with E-state index in [0.29, 0.717) is 38.2 Å². The third-order valence-electron chi connectivity index (χ3n) is 4.26. The molecule has 0 saturated carbocycles. The molecule has 2 heterocycles. The third kappa shape index (κ3) is 3.18. The first-order valence-corrected chi connectivity index (χ1v) is 8.13. The van der Waals surface area contributed by atoms with E-state index < -0.39 is 5.97 Å². The minimum absolute atomic E-state index is 0.0607. The van der Waals surface area contributed by atoms with Crippen LogP contribution in [-0.2, 0) is 36.0 Å². The molecule has 0 unspecified atom stereocenters. The standard InChI is InChI=1S/C18H21N3O3/c1-3-24-18(23)17-14-12-21(10-9-15(14)20(2)19-17)16(22)11-13-7-5-4-6-8-13/h4-8H,3,9-12H2,1-2H3. The van der Waals surface area contributed by atoms with Crippen LogP contribution in [0, 0.1) is 0 Å². The number of hydrogen-bond acceptors (Lipinski definition) is 4. The lowest BCUT2D eigenvalue weighted by Gasteiger charge is -2.27. The number of ether oxygens (including phenoxy) is 1. The summed E-state index contributed by atoms with van der Waals surface area (Å²) in [4.78, 5) is 26.5. The molecule has 1 aliphatic heterocycles. The van der Waals surface area contributed by atoms with Crippen LogP contribution in [0.1, 0.15) is 34.2 Å². The van der Waals surface area contributed by atoms with Crippen LogP contribution in [0.15, 0.2) is 30.3 Å². The lowest BCUT2D eigenvalue weighted by atomic mass is 10.0. The normalized spacial score (nSPS) is 13.5. The van der Waals surface area contributed by atoms with E-state index in [1.54, 1.807) is 16.5 Å². The first kappa shape index (κ1) is 16.2. The number of aromatic nitrogens is 2. The van der Waals surface area contributed by atoms with Crippen molar-refractivity contribution in [2.24, 2.45) is 7.05 Å². The van der Waals surface area contributed by atoms with Crippen LogP contribution in [-0.4, -0.2) is 39.7 Å². The van der Waals surface area contributed by atoms with Crippen molar-refractivity contribution < 1.29 is 14.3 Å². The molecular weight excluding hydrogens is 306 g/mol. The van der Waals surface area contributed by atoms with Crippen LogP contribution >= 0.6 is 0 Å². The average Bonchev–Trinajstić information content (AvgIpc) is 2.92. The van der Waals surface area contributed by atoms with Crippen LogP contribution in [0.5, 0.6) is 0 Å². The van der Waals surface area contributed by atoms with Crippen molar-refractivity contribution in [3.8, 4) is 0 Å². The summed E-state index contributed by atoms with van der Waals surface area (Å²) in [6.07, 6.45) is 1.06. The molecule has 1 aromatic carbocycles. The number of rotatable bonds is 4. The first-order valence-electron chi connectivity index (χ1n) is 8.13. The lowest BCUT2D eigenvalue weighted by molar-refractivity contribution is -0.131. The van der Waals surface area contributed by atoms with Gasteiger partial charge >= 0.3 is 5.97 Å². The van der Waals surface area contributed by atoms with Crippen molar-refractivity contribution in [2.45, 2.75) is 26.3 Å². The number of carbonyl (C=O) groups excluding carboxylic acids is 2. The fourth-order valence-corrected chi connectivity index (χ4v) is 3.05. The third-order valence-corrected chi connectivity index (χ3v) is 4.26. The van der Waals surface area contributed by atoms with Gasteiger partial charge in [-0.05, 0) is 12.5 Å². The number of carbonyl (C=O) groups is 2. The first-order chi connectivity index (χ1) is 11.6. The number of amides is 1. The summed E-state index contributed by atoms with van der Waals surface area (Å²) in [5.41, 5.74) is 3.13. The molecule has 1 aliphatic rings. The van der Waals surface area contributed by atoms with Crippen molar-refractivity contribution in [2.75, 3.05) is 13.2 Å². The molecule has 0 bridgehead atoms. The van der Waals surface area contributed by atoms with Gasteiger partial charge in [0.05, 0.1) is 13.0 Å². The Morgan fingerprint density at radius 1 is 1.25 bits per heavy atom. The van der Waals surface area contributed by atoms with Crippen LogP contribution < -0.4 is 0 Å². The van der Waals surface area contributed by atoms with Crippen LogP contribution in [0.3, 0.4) is 0 Å². The molecule has 0 N–H and O–H groups in total. The number of esters is 1. The van der Waals surface area contributed by atoms with Crippen LogP contribution in [0.4, 0.5) is 0 Å². The maximum Gasteiger partial charge on any atom is 0.359 e. The summed E-state index contributed by atoms with van der Waals surface area (Å²) in [5, 5.41) is 4.29. The molecule has 0 spiro atoms. The predicted octanol–water partition coefficient (Wildman–Crippen LogP) is 1.72. The Kier molecular flexibility index (Phi) is 4.64. The van der Waals surface area contributed by atoms with Gasteiger partial charge in [0.15, 0.2) is 5.69 Å². The van der Waals surface area contributed by atoms with E-state index in [1.165, 1.54) is 0 Å². The van der Waals surface area contributed by atoms with E-state index in [0.717, 1.165) is 16.8 Å². The number of fused-ring (bicyclic) bond motifs is 1. The fourth-order valence-electron chi connectivity index (χ4n) is 3.05. The van der Waals surface area contributed by atoms with E-state index >= 15 is 0 Å². The summed E-state index contributed by atoms with van der Waals surface area (Å²) in [7, 11) is 1.82. The highest BCUT2D eigenvalue weighted by molar-refractivity contribution is 5.89. The summed E-state index contributed by atoms with van der Waals surface area (Å²) in [6, 6.07) is 9.68. The molecule has 0 saturated heterocycles. The molecule has 0 fully saturated rings. The summed E-state index contributed by atoms with van der Waals surface area (Å²) in [5.74, 6) is -0.364. The Labute approximate surface area is 141 Å². The second kappa shape index (κ2) is 6.86. The SMILES string of the molecule is CCOC(=O)c1nn(C)c2c1CN(C(=O)Cc1ccccc1)CC2. The molecule has 24 heavy (non-hydrogen) atoms. The molecule has 0 atom stereocenters. The van der Waals surface area contributed by atoms with Crippen molar-refractivity contribution in [1.29, 1.82) is 0 Å². The monoisotopic (exact) mass is 327 g/mol. The zero-order chi connectivity index (χ0) is 17.1. The number of benzene rings is 1. The highest BCUT2D eigenvalue weighted by atomic mass is 16.5. The van der Waals surface area contributed by atoms with Crippen LogP contribution in [0.25, 0.3) is 0 Å². The van der Waals surface area contributed by atoms with Gasteiger partial charge in [-0.15, -0.1) is 0 Å². The predicted molar refractivity (Wildman–Crippen MR) is 88.4 cm³/mol. The lowest BCUT2D eigenvalue weighted by Crippen LogP contribution is -2.37. The van der Waals surface area contributed by atoms with Gasteiger partial charge in [-0.2, -0.15) is 5.10 Å². The molecule has 6 heteroatoms. The van der Waals surface area contributed by atoms with Gasteiger partial charge in [-0.3, -0.25) is 9.48 Å². The minimum atomic E-state index is -0.424. The largest absolute Gasteiger partial charge is 0.461 e. The number of hydrogen-bond donors (Lipinski definition) is 0. The molecule has 126 valence electrons. The Morgan fingerprint density at radius 2 is 2.00 bits per heavy atom. The quantitative estimate of drug-likeness (QED) is 0.802. The van der Waals surface area contributed by atoms with Gasteiger partial charge in [0, 0.05) is 37.8 Å². The van der Waals surface area contributed by atoms with E-state index in [1.807, 2.05) is 37.4 Å². The van der Waals surface area contributed by atoms with Gasteiger partial charge in [-0.25, -0.2) is 4.79 Å². The van der Waals surface area contributed by atoms with Crippen LogP contribution in [0.2, 0.25) is 0 Å². The Bertz CT molecular complexity index is 752. The van der Waals surface area contributed by atoms with Gasteiger partial charge < -0.3 is 9.64 Å². The van der Waals surface area contributed by atoms with E-state index in [-0.39, 0.29) is 5.91 Å². The van der Waals surface area contributed by atoms with Gasteiger partial charge in [0.25, 0.3) is 0 Å². The average molecular weight is 327 g/mol. The highest BCUT2D eigenvalue weighted by Crippen LogP contribution is 2.23. The molecule has 3 rings (SSSR count). The summed E-state index contributed by atoms with van der Waals surface area (Å²) in [6.45, 7) is 3.12. The second-order valence-electron chi connectivity index (χ2n) is 5.85. The Morgan fingerprint density at radius 3 is 2.71 bits per heavy atom. The zero-order valence-corrected chi connectivity index (χ0v) is 14.0. The smallest absolute Gasteiger partial charge is 0.359 e. The molecule has 0 radical (unpaired) electrons. The van der Waals surface area contributed by atoms with Crippen molar-refractivity contribution >= 4 is 11.9 Å². The summed E-state index contributed by atoms with van der Waals surface area (Å²) >= 11 is 0. The maximum absolute atomic E-state index is 12.6. The number of aryl methyl sites for hydroxylation is 1. The molecule has 0 aliphatic carbocycles. The second-order valence-corrected chi connectivity index (χ2v) is 5.85. The summed E-state index contributed by atoms with van der Waals surface area (Å²) < 4.78 is 6.80. The van der Waals surface area contributed by atoms with Gasteiger partial charge in [0.1, 0.15) is 0 Å². The molecular formula is C18H21N3O3. The van der Waals surface area contributed by atoms with Gasteiger partial charge in [-0.1, -0.05) is 30.3 Å². The van der Waals surface area contributed by atoms with E-state index in [2.05, 4.69) is 5.10 Å². The molecule has 1 amide bonds. The topological polar surface area (TPSA) is 64.4 Å².